The Morgan fingerprint density at radius 2 is 1.88 bits per heavy atom. The minimum atomic E-state index is -0.416. The van der Waals surface area contributed by atoms with E-state index in [-0.39, 0.29) is 17.7 Å². The zero-order valence-corrected chi connectivity index (χ0v) is 15.0. The van der Waals surface area contributed by atoms with Gasteiger partial charge in [0.15, 0.2) is 0 Å². The fourth-order valence-electron chi connectivity index (χ4n) is 2.29. The minimum Gasteiger partial charge on any atom is -0.342 e. The second-order valence-corrected chi connectivity index (χ2v) is 6.86. The van der Waals surface area contributed by atoms with E-state index >= 15 is 0 Å². The maximum absolute atomic E-state index is 12.4. The summed E-state index contributed by atoms with van der Waals surface area (Å²) in [5, 5.41) is 15.0. The summed E-state index contributed by atoms with van der Waals surface area (Å²) in [5.41, 5.74) is 1.18. The van der Waals surface area contributed by atoms with Crippen molar-refractivity contribution in [2.24, 2.45) is 0 Å². The van der Waals surface area contributed by atoms with E-state index in [0.29, 0.717) is 5.01 Å². The van der Waals surface area contributed by atoms with E-state index in [2.05, 4.69) is 30.6 Å². The Bertz CT molecular complexity index is 968. The van der Waals surface area contributed by atoms with Gasteiger partial charge in [-0.1, -0.05) is 11.3 Å². The van der Waals surface area contributed by atoms with E-state index in [1.807, 2.05) is 20.8 Å². The van der Waals surface area contributed by atoms with Gasteiger partial charge in [0.25, 0.3) is 17.4 Å². The summed E-state index contributed by atoms with van der Waals surface area (Å²) in [7, 11) is 0. The monoisotopic (exact) mass is 359 g/mol. The van der Waals surface area contributed by atoms with E-state index in [0.717, 1.165) is 21.1 Å². The van der Waals surface area contributed by atoms with E-state index < -0.39 is 11.5 Å². The Kier molecular flexibility index (Phi) is 4.45. The van der Waals surface area contributed by atoms with Crippen LogP contribution in [0.1, 0.15) is 44.9 Å². The molecule has 3 rings (SSSR count). The lowest BCUT2D eigenvalue weighted by Crippen LogP contribution is -2.27. The third-order valence-corrected chi connectivity index (χ3v) is 4.42. The van der Waals surface area contributed by atoms with Gasteiger partial charge in [-0.2, -0.15) is 4.68 Å². The summed E-state index contributed by atoms with van der Waals surface area (Å²) in [6.07, 6.45) is 0. The average Bonchev–Trinajstić information content (AvgIpc) is 3.12. The zero-order chi connectivity index (χ0) is 18.1. The van der Waals surface area contributed by atoms with Crippen molar-refractivity contribution >= 4 is 17.2 Å². The smallest absolute Gasteiger partial charge is 0.274 e. The van der Waals surface area contributed by atoms with E-state index in [9.17, 15) is 9.59 Å². The number of amides is 1. The molecule has 10 heteroatoms. The highest BCUT2D eigenvalue weighted by molar-refractivity contribution is 7.11. The second kappa shape index (κ2) is 6.55. The van der Waals surface area contributed by atoms with Gasteiger partial charge in [0.1, 0.15) is 15.7 Å². The molecule has 0 saturated carbocycles. The van der Waals surface area contributed by atoms with E-state index in [4.69, 9.17) is 0 Å². The normalized spacial score (nSPS) is 12.2. The van der Waals surface area contributed by atoms with Gasteiger partial charge in [-0.25, -0.2) is 9.97 Å². The van der Waals surface area contributed by atoms with Crippen molar-refractivity contribution in [1.29, 1.82) is 0 Å². The lowest BCUT2D eigenvalue weighted by Gasteiger charge is -2.09. The van der Waals surface area contributed by atoms with Crippen LogP contribution in [-0.2, 0) is 0 Å². The Morgan fingerprint density at radius 3 is 2.48 bits per heavy atom. The van der Waals surface area contributed by atoms with Crippen LogP contribution in [-0.4, -0.2) is 35.9 Å². The maximum Gasteiger partial charge on any atom is 0.274 e. The van der Waals surface area contributed by atoms with Crippen molar-refractivity contribution in [3.63, 3.8) is 0 Å². The Balaban J connectivity index is 1.84. The van der Waals surface area contributed by atoms with E-state index in [1.54, 1.807) is 13.0 Å². The van der Waals surface area contributed by atoms with Crippen LogP contribution >= 0.6 is 11.3 Å². The molecule has 3 aromatic heterocycles. The molecular weight excluding hydrogens is 342 g/mol. The molecule has 1 atom stereocenters. The lowest BCUT2D eigenvalue weighted by atomic mass is 10.3. The number of aromatic amines is 1. The summed E-state index contributed by atoms with van der Waals surface area (Å²) in [5.74, 6) is -0.213. The first kappa shape index (κ1) is 17.0. The van der Waals surface area contributed by atoms with Crippen molar-refractivity contribution in [3.05, 3.63) is 49.6 Å². The summed E-state index contributed by atoms with van der Waals surface area (Å²) in [6, 6.07) is 2.70. The van der Waals surface area contributed by atoms with Crippen molar-refractivity contribution in [2.75, 3.05) is 0 Å². The van der Waals surface area contributed by atoms with Crippen molar-refractivity contribution in [3.8, 4) is 5.95 Å². The predicted molar refractivity (Wildman–Crippen MR) is 92.0 cm³/mol. The van der Waals surface area contributed by atoms with E-state index in [1.165, 1.54) is 17.4 Å². The molecule has 0 fully saturated rings. The first-order chi connectivity index (χ1) is 11.8. The number of carbonyl (C=O) groups excluding carboxylic acids is 1. The molecule has 0 aliphatic rings. The first-order valence-corrected chi connectivity index (χ1v) is 8.40. The van der Waals surface area contributed by atoms with Gasteiger partial charge in [0, 0.05) is 17.5 Å². The van der Waals surface area contributed by atoms with Crippen molar-refractivity contribution in [2.45, 2.75) is 33.7 Å². The highest BCUT2D eigenvalue weighted by Crippen LogP contribution is 2.17. The number of aromatic nitrogens is 6. The van der Waals surface area contributed by atoms with Crippen molar-refractivity contribution < 1.29 is 4.79 Å². The third-order valence-electron chi connectivity index (χ3n) is 3.40. The van der Waals surface area contributed by atoms with Gasteiger partial charge in [-0.05, 0) is 33.8 Å². The number of hydrogen-bond acceptors (Lipinski definition) is 7. The molecule has 130 valence electrons. The number of rotatable bonds is 4. The molecule has 0 saturated heterocycles. The molecule has 0 radical (unpaired) electrons. The topological polar surface area (TPSA) is 118 Å². The molecule has 0 aliphatic carbocycles. The third kappa shape index (κ3) is 3.63. The second-order valence-electron chi connectivity index (χ2n) is 5.65. The molecule has 2 N–H and O–H groups in total. The molecular formula is C15H17N7O2S. The van der Waals surface area contributed by atoms with Crippen LogP contribution in [0.4, 0.5) is 0 Å². The molecule has 0 spiro atoms. The van der Waals surface area contributed by atoms with Crippen LogP contribution < -0.4 is 10.9 Å². The number of aryl methyl sites for hydroxylation is 3. The van der Waals surface area contributed by atoms with Gasteiger partial charge in [0.05, 0.1) is 6.04 Å². The number of hydrogen-bond donors (Lipinski definition) is 2. The standard InChI is InChI=1S/C15H17N7O2S/c1-7-5-8(2)17-15(16-7)22-12(23)6-11(21-22)13(24)18-9(3)14-20-19-10(4)25-14/h5-6,9,21H,1-4H3,(H,18,24). The molecule has 3 aromatic rings. The minimum absolute atomic E-state index is 0.126. The highest BCUT2D eigenvalue weighted by Gasteiger charge is 2.18. The number of H-pyrrole nitrogens is 1. The first-order valence-electron chi connectivity index (χ1n) is 7.59. The quantitative estimate of drug-likeness (QED) is 0.723. The van der Waals surface area contributed by atoms with Gasteiger partial charge < -0.3 is 5.32 Å². The number of carbonyl (C=O) groups is 1. The van der Waals surface area contributed by atoms with Crippen LogP contribution in [0.25, 0.3) is 5.95 Å². The van der Waals surface area contributed by atoms with Crippen molar-refractivity contribution in [1.82, 2.24) is 35.3 Å². The average molecular weight is 359 g/mol. The Labute approximate surface area is 147 Å². The molecule has 0 aromatic carbocycles. The zero-order valence-electron chi connectivity index (χ0n) is 14.2. The largest absolute Gasteiger partial charge is 0.342 e. The van der Waals surface area contributed by atoms with Crippen LogP contribution in [0, 0.1) is 20.8 Å². The molecule has 25 heavy (non-hydrogen) atoms. The predicted octanol–water partition coefficient (Wildman–Crippen LogP) is 1.22. The van der Waals surface area contributed by atoms with Crippen LogP contribution in [0.15, 0.2) is 16.9 Å². The molecule has 3 heterocycles. The summed E-state index contributed by atoms with van der Waals surface area (Å²) in [6.45, 7) is 7.27. The SMILES string of the molecule is Cc1cc(C)nc(-n2[nH]c(C(=O)NC(C)c3nnc(C)s3)cc2=O)n1. The molecule has 1 amide bonds. The summed E-state index contributed by atoms with van der Waals surface area (Å²) < 4.78 is 1.15. The fraction of sp³-hybridized carbons (Fsp3) is 0.333. The number of nitrogens with zero attached hydrogens (tertiary/aromatic N) is 5. The molecule has 0 bridgehead atoms. The van der Waals surface area contributed by atoms with Crippen LogP contribution in [0.5, 0.6) is 0 Å². The van der Waals surface area contributed by atoms with Crippen LogP contribution in [0.3, 0.4) is 0 Å². The molecule has 0 aliphatic heterocycles. The molecule has 9 nitrogen and oxygen atoms in total. The number of nitrogens with one attached hydrogen (secondary N) is 2. The lowest BCUT2D eigenvalue weighted by molar-refractivity contribution is 0.0934. The van der Waals surface area contributed by atoms with Gasteiger partial charge >= 0.3 is 0 Å². The van der Waals surface area contributed by atoms with Gasteiger partial charge in [-0.3, -0.25) is 14.7 Å². The fourth-order valence-corrected chi connectivity index (χ4v) is 2.99. The maximum atomic E-state index is 12.4. The summed E-state index contributed by atoms with van der Waals surface area (Å²) in [4.78, 5) is 33.0. The van der Waals surface area contributed by atoms with Crippen LogP contribution in [0.2, 0.25) is 0 Å². The molecule has 1 unspecified atom stereocenters. The van der Waals surface area contributed by atoms with Gasteiger partial charge in [-0.15, -0.1) is 10.2 Å². The summed E-state index contributed by atoms with van der Waals surface area (Å²) >= 11 is 1.41. The Morgan fingerprint density at radius 1 is 1.20 bits per heavy atom. The van der Waals surface area contributed by atoms with Gasteiger partial charge in [0.2, 0.25) is 0 Å². The Hall–Kier alpha value is -2.88. The highest BCUT2D eigenvalue weighted by atomic mass is 32.1.